The van der Waals surface area contributed by atoms with E-state index in [1.807, 2.05) is 55.1 Å². The van der Waals surface area contributed by atoms with Gasteiger partial charge in [0.2, 0.25) is 22.8 Å². The van der Waals surface area contributed by atoms with Gasteiger partial charge in [0.05, 0.1) is 0 Å². The molecule has 1 unspecified atom stereocenters. The molecule has 0 fully saturated rings. The van der Waals surface area contributed by atoms with E-state index >= 15 is 0 Å². The summed E-state index contributed by atoms with van der Waals surface area (Å²) in [6, 6.07) is 81.6. The Balaban J connectivity index is 0.000000150. The zero-order valence-electron chi connectivity index (χ0n) is 59.6. The average molecular weight is 1150 g/mol. The lowest BCUT2D eigenvalue weighted by atomic mass is 9.93. The summed E-state index contributed by atoms with van der Waals surface area (Å²) in [5, 5.41) is 0. The Morgan fingerprint density at radius 1 is 0.299 bits per heavy atom. The topological polar surface area (TPSA) is 15.5 Å². The van der Waals surface area contributed by atoms with E-state index in [4.69, 9.17) is 9.60 Å². The van der Waals surface area contributed by atoms with Gasteiger partial charge in [-0.25, -0.2) is 18.3 Å². The molecule has 0 saturated heterocycles. The maximum atomic E-state index is 8.49. The lowest BCUT2D eigenvalue weighted by Gasteiger charge is -2.12. The van der Waals surface area contributed by atoms with Crippen LogP contribution in [0.2, 0.25) is 0 Å². The monoisotopic (exact) mass is 1150 g/mol. The number of benzene rings is 8. The predicted molar refractivity (Wildman–Crippen MR) is 366 cm³/mol. The zero-order chi connectivity index (χ0) is 67.6. The van der Waals surface area contributed by atoms with Gasteiger partial charge in [-0.15, -0.1) is 0 Å². The molecule has 0 radical (unpaired) electrons. The molecule has 12 rings (SSSR count). The van der Waals surface area contributed by atoms with Crippen molar-refractivity contribution >= 4 is 0 Å². The molecule has 87 heavy (non-hydrogen) atoms. The number of pyridine rings is 4. The van der Waals surface area contributed by atoms with E-state index in [1.165, 1.54) is 120 Å². The molecule has 8 aromatic carbocycles. The number of nitrogens with zero attached hydrogens (tertiary/aromatic N) is 4. The first-order valence-corrected chi connectivity index (χ1v) is 29.8. The first-order valence-electron chi connectivity index (χ1n) is 33.3. The van der Waals surface area contributed by atoms with Crippen molar-refractivity contribution in [3.63, 3.8) is 0 Å². The van der Waals surface area contributed by atoms with Crippen molar-refractivity contribution < 1.29 is 27.9 Å². The summed E-state index contributed by atoms with van der Waals surface area (Å²) in [5.41, 5.74) is 27.6. The summed E-state index contributed by atoms with van der Waals surface area (Å²) in [7, 11) is 8.23. The van der Waals surface area contributed by atoms with Gasteiger partial charge in [-0.2, -0.15) is 0 Å². The summed E-state index contributed by atoms with van der Waals surface area (Å²) < 4.78 is 63.8. The molecule has 0 saturated carbocycles. The third kappa shape index (κ3) is 15.4. The fraction of sp³-hybridized carbons (Fsp3) is 0.181. The second-order valence-electron chi connectivity index (χ2n) is 22.9. The van der Waals surface area contributed by atoms with Crippen molar-refractivity contribution in [2.24, 2.45) is 28.2 Å². The second-order valence-corrected chi connectivity index (χ2v) is 22.9. The summed E-state index contributed by atoms with van der Waals surface area (Å²) in [4.78, 5) is 0. The normalized spacial score (nSPS) is 12.9. The highest BCUT2D eigenvalue weighted by molar-refractivity contribution is 5.73. The van der Waals surface area contributed by atoms with Gasteiger partial charge in [0.1, 0.15) is 28.2 Å². The molecule has 0 spiro atoms. The Kier molecular flexibility index (Phi) is 17.3. The van der Waals surface area contributed by atoms with Crippen LogP contribution in [-0.2, 0) is 28.2 Å². The molecular formula is C83H86N4+4. The van der Waals surface area contributed by atoms with Gasteiger partial charge in [0.15, 0.2) is 24.8 Å². The molecule has 0 aliphatic rings. The molecule has 0 amide bonds. The van der Waals surface area contributed by atoms with Crippen LogP contribution in [0.5, 0.6) is 0 Å². The minimum absolute atomic E-state index is 0.00404. The van der Waals surface area contributed by atoms with Crippen LogP contribution in [0.25, 0.3) is 89.5 Å². The Labute approximate surface area is 529 Å². The van der Waals surface area contributed by atoms with E-state index in [1.54, 1.807) is 6.07 Å². The highest BCUT2D eigenvalue weighted by atomic mass is 14.9. The lowest BCUT2D eigenvalue weighted by molar-refractivity contribution is -0.660. The average Bonchev–Trinajstić information content (AvgIpc) is 0.761. The summed E-state index contributed by atoms with van der Waals surface area (Å²) in [6.07, 6.45) is 8.33. The van der Waals surface area contributed by atoms with Crippen molar-refractivity contribution in [3.8, 4) is 89.5 Å². The van der Waals surface area contributed by atoms with Gasteiger partial charge in [0, 0.05) is 79.9 Å². The molecule has 4 aromatic heterocycles. The van der Waals surface area contributed by atoms with E-state index in [0.29, 0.717) is 5.56 Å². The van der Waals surface area contributed by atoms with Crippen molar-refractivity contribution in [2.45, 2.75) is 75.0 Å². The van der Waals surface area contributed by atoms with E-state index in [2.05, 4.69) is 283 Å². The van der Waals surface area contributed by atoms with Crippen LogP contribution in [0.4, 0.5) is 0 Å². The molecule has 0 N–H and O–H groups in total. The third-order valence-electron chi connectivity index (χ3n) is 16.1. The van der Waals surface area contributed by atoms with Gasteiger partial charge in [-0.3, -0.25) is 0 Å². The Hall–Kier alpha value is -9.64. The number of hydrogen-bond acceptors (Lipinski definition) is 0. The number of hydrogen-bond donors (Lipinski definition) is 0. The fourth-order valence-electron chi connectivity index (χ4n) is 10.9. The lowest BCUT2D eigenvalue weighted by Crippen LogP contribution is -2.30. The molecule has 0 bridgehead atoms. The van der Waals surface area contributed by atoms with Crippen LogP contribution in [0, 0.1) is 55.3 Å². The Morgan fingerprint density at radius 2 is 0.667 bits per heavy atom. The van der Waals surface area contributed by atoms with Gasteiger partial charge >= 0.3 is 0 Å². The molecule has 12 aromatic rings. The molecule has 0 aliphatic heterocycles. The van der Waals surface area contributed by atoms with E-state index in [9.17, 15) is 0 Å². The van der Waals surface area contributed by atoms with Crippen molar-refractivity contribution in [1.29, 1.82) is 0 Å². The molecule has 0 aliphatic carbocycles. The van der Waals surface area contributed by atoms with Gasteiger partial charge in [-0.05, 0) is 164 Å². The zero-order valence-corrected chi connectivity index (χ0v) is 52.6. The largest absolute Gasteiger partial charge is 0.213 e. The molecule has 1 atom stereocenters. The highest BCUT2D eigenvalue weighted by Crippen LogP contribution is 2.31. The molecular weight excluding hydrogens is 1050 g/mol. The smallest absolute Gasteiger partial charge is 0.201 e. The minimum Gasteiger partial charge on any atom is -0.201 e. The number of aromatic nitrogens is 4. The first-order chi connectivity index (χ1) is 44.7. The van der Waals surface area contributed by atoms with Crippen LogP contribution >= 0.6 is 0 Å². The van der Waals surface area contributed by atoms with Crippen LogP contribution in [0.1, 0.15) is 79.3 Å². The molecule has 434 valence electrons. The van der Waals surface area contributed by atoms with E-state index < -0.39 is 19.6 Å². The second kappa shape index (κ2) is 28.5. The Morgan fingerprint density at radius 3 is 1.06 bits per heavy atom. The Bertz CT molecular complexity index is 4480. The predicted octanol–water partition coefficient (Wildman–Crippen LogP) is 19.0. The van der Waals surface area contributed by atoms with Crippen LogP contribution in [0.3, 0.4) is 0 Å². The summed E-state index contributed by atoms with van der Waals surface area (Å²) in [6.45, 7) is 11.0. The van der Waals surface area contributed by atoms with Gasteiger partial charge < -0.3 is 0 Å². The van der Waals surface area contributed by atoms with Crippen LogP contribution in [0.15, 0.2) is 261 Å². The molecule has 4 heterocycles. The maximum absolute atomic E-state index is 8.49. The van der Waals surface area contributed by atoms with Crippen molar-refractivity contribution in [2.75, 3.05) is 0 Å². The van der Waals surface area contributed by atoms with E-state index in [-0.39, 0.29) is 11.1 Å². The fourth-order valence-corrected chi connectivity index (χ4v) is 10.9. The van der Waals surface area contributed by atoms with Crippen LogP contribution < -0.4 is 18.3 Å². The van der Waals surface area contributed by atoms with Crippen molar-refractivity contribution in [1.82, 2.24) is 0 Å². The summed E-state index contributed by atoms with van der Waals surface area (Å²) in [5.74, 6) is -2.06. The molecule has 4 heteroatoms. The number of aryl methyl sites for hydroxylation is 12. The maximum Gasteiger partial charge on any atom is 0.213 e. The van der Waals surface area contributed by atoms with E-state index in [0.717, 1.165) is 22.4 Å². The number of rotatable bonds is 9. The minimum atomic E-state index is -2.68. The van der Waals surface area contributed by atoms with Crippen molar-refractivity contribution in [3.05, 3.63) is 311 Å². The van der Waals surface area contributed by atoms with Crippen LogP contribution in [-0.4, -0.2) is 0 Å². The molecule has 4 nitrogen and oxygen atoms in total. The van der Waals surface area contributed by atoms with Gasteiger partial charge in [0.25, 0.3) is 0 Å². The third-order valence-corrected chi connectivity index (χ3v) is 16.1. The first kappa shape index (κ1) is 52.9. The SMILES string of the molecule is Cc1ccc(-c2cc[n+](C)c(-c3ccccc3C)c2)cc1.Cc1ccc(-c2cc[n+](C)c(-c3ccccc3C)c2)cc1.Cc1cccc(-c2cc[n+](C)c(-c3ccccc3C)c2)c1.[2H]C([2H])([2H])c1ccc(-c2ccc(-c3ccccc3C)[n+](C)c2)cc1C([2H])(C)C([2H])([2H])[2H]. The highest BCUT2D eigenvalue weighted by Gasteiger charge is 2.18. The standard InChI is InChI=1S/C23H26N.3C20H20N/c1-16(2)22-14-19(11-10-18(22)4)20-12-13-23(24(5)15-20)21-9-7-6-8-17(21)3;1-15-7-6-9-17(13-15)18-11-12-21(3)20(14-18)19-10-5-4-8-16(19)2;2*1-15-8-10-17(11-9-15)18-12-13-21(3)20(14-18)19-7-5-4-6-16(19)2/h6-16H,1-5H3;3*4-14H,1-3H3/q4*+1/i1D3,4D3,16D;;;. The quantitative estimate of drug-likeness (QED) is 0.128. The van der Waals surface area contributed by atoms with Gasteiger partial charge in [-0.1, -0.05) is 194 Å². The summed E-state index contributed by atoms with van der Waals surface area (Å²) >= 11 is 0.